The monoisotopic (exact) mass is 369 g/mol. The van der Waals surface area contributed by atoms with E-state index in [1.165, 1.54) is 13.2 Å². The molecule has 6 heteroatoms. The van der Waals surface area contributed by atoms with Crippen LogP contribution in [0.2, 0.25) is 0 Å². The Morgan fingerprint density at radius 1 is 0.963 bits per heavy atom. The van der Waals surface area contributed by atoms with Gasteiger partial charge in [0, 0.05) is 12.6 Å². The van der Waals surface area contributed by atoms with E-state index in [0.29, 0.717) is 35.8 Å². The van der Waals surface area contributed by atoms with Crippen LogP contribution >= 0.6 is 0 Å². The summed E-state index contributed by atoms with van der Waals surface area (Å²) in [6.45, 7) is 0.492. The number of rotatable bonds is 9. The fourth-order valence-corrected chi connectivity index (χ4v) is 2.53. The minimum absolute atomic E-state index is 0.200. The van der Waals surface area contributed by atoms with Crippen molar-refractivity contribution in [3.8, 4) is 17.2 Å². The maximum absolute atomic E-state index is 12.0. The maximum atomic E-state index is 12.0. The van der Waals surface area contributed by atoms with Crippen molar-refractivity contribution in [1.29, 1.82) is 0 Å². The number of amides is 1. The van der Waals surface area contributed by atoms with Gasteiger partial charge in [0.2, 0.25) is 5.91 Å². The summed E-state index contributed by atoms with van der Waals surface area (Å²) in [6, 6.07) is 10.8. The van der Waals surface area contributed by atoms with Crippen LogP contribution in [0, 0.1) is 0 Å². The molecule has 0 aromatic heterocycles. The third-order valence-electron chi connectivity index (χ3n) is 3.97. The van der Waals surface area contributed by atoms with E-state index >= 15 is 0 Å². The Balaban J connectivity index is 1.89. The number of hydrogen-bond donors (Lipinski definition) is 1. The molecular formula is C21H23NO5. The third-order valence-corrected chi connectivity index (χ3v) is 3.97. The van der Waals surface area contributed by atoms with Gasteiger partial charge in [0.05, 0.1) is 26.9 Å². The summed E-state index contributed by atoms with van der Waals surface area (Å²) < 4.78 is 15.6. The van der Waals surface area contributed by atoms with Gasteiger partial charge in [0.15, 0.2) is 17.8 Å². The average molecular weight is 369 g/mol. The Morgan fingerprint density at radius 2 is 1.70 bits per heavy atom. The molecule has 0 aliphatic carbocycles. The van der Waals surface area contributed by atoms with Gasteiger partial charge in [-0.05, 0) is 47.9 Å². The third kappa shape index (κ3) is 5.60. The van der Waals surface area contributed by atoms with Gasteiger partial charge in [-0.2, -0.15) is 0 Å². The summed E-state index contributed by atoms with van der Waals surface area (Å²) in [6.07, 6.45) is 4.52. The van der Waals surface area contributed by atoms with Crippen LogP contribution in [0.3, 0.4) is 0 Å². The van der Waals surface area contributed by atoms with Gasteiger partial charge < -0.3 is 19.5 Å². The molecule has 0 atom stereocenters. The van der Waals surface area contributed by atoms with Crippen molar-refractivity contribution < 1.29 is 23.8 Å². The minimum atomic E-state index is -0.200. The number of nitrogens with one attached hydrogen (secondary N) is 1. The van der Waals surface area contributed by atoms with Crippen LogP contribution in [0.15, 0.2) is 42.5 Å². The molecule has 6 nitrogen and oxygen atoms in total. The molecule has 0 radical (unpaired) electrons. The second-order valence-corrected chi connectivity index (χ2v) is 5.68. The highest BCUT2D eigenvalue weighted by Gasteiger charge is 2.05. The summed E-state index contributed by atoms with van der Waals surface area (Å²) in [5, 5.41) is 2.83. The fraction of sp³-hybridized carbons (Fsp3) is 0.238. The number of methoxy groups -OCH3 is 3. The summed E-state index contributed by atoms with van der Waals surface area (Å²) >= 11 is 0. The lowest BCUT2D eigenvalue weighted by Crippen LogP contribution is -2.23. The highest BCUT2D eigenvalue weighted by atomic mass is 16.5. The van der Waals surface area contributed by atoms with Gasteiger partial charge in [-0.25, -0.2) is 0 Å². The van der Waals surface area contributed by atoms with Crippen molar-refractivity contribution in [3.05, 3.63) is 59.2 Å². The van der Waals surface area contributed by atoms with Crippen LogP contribution in [0.5, 0.6) is 17.2 Å². The van der Waals surface area contributed by atoms with Crippen molar-refractivity contribution in [2.75, 3.05) is 27.9 Å². The van der Waals surface area contributed by atoms with E-state index in [4.69, 9.17) is 14.2 Å². The van der Waals surface area contributed by atoms with E-state index in [9.17, 15) is 9.59 Å². The zero-order valence-electron chi connectivity index (χ0n) is 15.7. The predicted molar refractivity (Wildman–Crippen MR) is 104 cm³/mol. The van der Waals surface area contributed by atoms with Crippen LogP contribution < -0.4 is 19.5 Å². The van der Waals surface area contributed by atoms with Crippen LogP contribution in [0.4, 0.5) is 0 Å². The Bertz CT molecular complexity index is 829. The minimum Gasteiger partial charge on any atom is -0.496 e. The fourth-order valence-electron chi connectivity index (χ4n) is 2.53. The van der Waals surface area contributed by atoms with Gasteiger partial charge in [-0.1, -0.05) is 12.1 Å². The van der Waals surface area contributed by atoms with Gasteiger partial charge in [-0.3, -0.25) is 9.59 Å². The van der Waals surface area contributed by atoms with Crippen LogP contribution in [0.1, 0.15) is 21.5 Å². The van der Waals surface area contributed by atoms with Crippen molar-refractivity contribution in [1.82, 2.24) is 5.32 Å². The lowest BCUT2D eigenvalue weighted by molar-refractivity contribution is -0.116. The first kappa shape index (κ1) is 20.0. The highest BCUT2D eigenvalue weighted by molar-refractivity contribution is 5.92. The lowest BCUT2D eigenvalue weighted by atomic mass is 10.1. The van der Waals surface area contributed by atoms with Gasteiger partial charge >= 0.3 is 0 Å². The number of aldehydes is 1. The second kappa shape index (κ2) is 10.0. The molecule has 0 spiro atoms. The maximum Gasteiger partial charge on any atom is 0.244 e. The largest absolute Gasteiger partial charge is 0.496 e. The number of hydrogen-bond acceptors (Lipinski definition) is 5. The van der Waals surface area contributed by atoms with Crippen LogP contribution in [0.25, 0.3) is 6.08 Å². The molecule has 0 aliphatic rings. The first-order valence-electron chi connectivity index (χ1n) is 8.41. The van der Waals surface area contributed by atoms with E-state index in [2.05, 4.69) is 5.32 Å². The summed E-state index contributed by atoms with van der Waals surface area (Å²) in [5.41, 5.74) is 2.27. The molecule has 1 amide bonds. The molecule has 2 aromatic carbocycles. The molecule has 2 rings (SSSR count). The van der Waals surface area contributed by atoms with E-state index in [1.54, 1.807) is 38.5 Å². The smallest absolute Gasteiger partial charge is 0.244 e. The average Bonchev–Trinajstić information content (AvgIpc) is 2.71. The summed E-state index contributed by atoms with van der Waals surface area (Å²) in [5.74, 6) is 1.60. The molecule has 0 saturated heterocycles. The Kier molecular flexibility index (Phi) is 7.43. The van der Waals surface area contributed by atoms with E-state index in [1.807, 2.05) is 18.2 Å². The number of carbonyl (C=O) groups is 2. The molecule has 0 aliphatic heterocycles. The van der Waals surface area contributed by atoms with Crippen molar-refractivity contribution in [2.45, 2.75) is 6.42 Å². The first-order valence-corrected chi connectivity index (χ1v) is 8.41. The summed E-state index contributed by atoms with van der Waals surface area (Å²) in [7, 11) is 4.67. The molecule has 0 saturated carbocycles. The standard InChI is InChI=1S/C21H23NO5/c1-25-18-8-5-16(13-20(18)27-3)10-11-22-21(24)9-6-15-4-7-17(14-23)19(12-15)26-2/h4-9,12-14H,10-11H2,1-3H3,(H,22,24)/b9-6+. The van der Waals surface area contributed by atoms with Crippen molar-refractivity contribution in [2.24, 2.45) is 0 Å². The molecule has 142 valence electrons. The molecule has 2 aromatic rings. The second-order valence-electron chi connectivity index (χ2n) is 5.68. The van der Waals surface area contributed by atoms with Crippen LogP contribution in [-0.2, 0) is 11.2 Å². The van der Waals surface area contributed by atoms with E-state index in [-0.39, 0.29) is 5.91 Å². The van der Waals surface area contributed by atoms with Crippen molar-refractivity contribution >= 4 is 18.3 Å². The highest BCUT2D eigenvalue weighted by Crippen LogP contribution is 2.27. The van der Waals surface area contributed by atoms with Crippen molar-refractivity contribution in [3.63, 3.8) is 0 Å². The first-order chi connectivity index (χ1) is 13.1. The van der Waals surface area contributed by atoms with E-state index < -0.39 is 0 Å². The van der Waals surface area contributed by atoms with Gasteiger partial charge in [0.25, 0.3) is 0 Å². The van der Waals surface area contributed by atoms with Gasteiger partial charge in [-0.15, -0.1) is 0 Å². The van der Waals surface area contributed by atoms with Gasteiger partial charge in [0.1, 0.15) is 5.75 Å². The topological polar surface area (TPSA) is 73.9 Å². The van der Waals surface area contributed by atoms with Crippen LogP contribution in [-0.4, -0.2) is 40.1 Å². The Hall–Kier alpha value is -3.28. The number of carbonyl (C=O) groups excluding carboxylic acids is 2. The molecule has 1 N–H and O–H groups in total. The predicted octanol–water partition coefficient (Wildman–Crippen LogP) is 2.90. The summed E-state index contributed by atoms with van der Waals surface area (Å²) in [4.78, 5) is 22.9. The molecule has 0 bridgehead atoms. The SMILES string of the molecule is COc1cc(/C=C/C(=O)NCCc2ccc(OC)c(OC)c2)ccc1C=O. The lowest BCUT2D eigenvalue weighted by Gasteiger charge is -2.09. The molecule has 0 unspecified atom stereocenters. The normalized spacial score (nSPS) is 10.5. The quantitative estimate of drug-likeness (QED) is 0.543. The van der Waals surface area contributed by atoms with E-state index in [0.717, 1.165) is 17.4 Å². The Labute approximate surface area is 158 Å². The molecule has 0 heterocycles. The Morgan fingerprint density at radius 3 is 2.37 bits per heavy atom. The zero-order valence-corrected chi connectivity index (χ0v) is 15.7. The molecule has 27 heavy (non-hydrogen) atoms. The molecule has 0 fully saturated rings. The zero-order chi connectivity index (χ0) is 19.6. The molecular weight excluding hydrogens is 346 g/mol. The number of ether oxygens (including phenoxy) is 3. The number of benzene rings is 2.